The molecule has 0 aliphatic rings. The Balaban J connectivity index is 2.55. The van der Waals surface area contributed by atoms with Gasteiger partial charge < -0.3 is 10.1 Å². The lowest BCUT2D eigenvalue weighted by atomic mass is 10.0. The first-order valence-electron chi connectivity index (χ1n) is 6.14. The highest BCUT2D eigenvalue weighted by molar-refractivity contribution is 5.29. The van der Waals surface area contributed by atoms with E-state index in [0.29, 0.717) is 24.3 Å². The molecule has 2 atom stereocenters. The molecule has 1 N–H and O–H groups in total. The third-order valence-electron chi connectivity index (χ3n) is 3.34. The number of nitrogens with one attached hydrogen (secondary N) is 1. The van der Waals surface area contributed by atoms with E-state index < -0.39 is 0 Å². The summed E-state index contributed by atoms with van der Waals surface area (Å²) in [5.41, 5.74) is 0.943. The van der Waals surface area contributed by atoms with Crippen molar-refractivity contribution in [2.24, 2.45) is 5.92 Å². The van der Waals surface area contributed by atoms with Crippen molar-refractivity contribution in [3.05, 3.63) is 29.6 Å². The average Bonchev–Trinajstić information content (AvgIpc) is 2.35. The average molecular weight is 239 g/mol. The Labute approximate surface area is 103 Å². The van der Waals surface area contributed by atoms with E-state index in [9.17, 15) is 4.39 Å². The first-order valence-corrected chi connectivity index (χ1v) is 6.14. The van der Waals surface area contributed by atoms with Gasteiger partial charge in [-0.15, -0.1) is 0 Å². The lowest BCUT2D eigenvalue weighted by Gasteiger charge is -2.20. The summed E-state index contributed by atoms with van der Waals surface area (Å²) in [4.78, 5) is 0. The Bertz CT molecular complexity index is 354. The normalized spacial score (nSPS) is 14.4. The van der Waals surface area contributed by atoms with Crippen LogP contribution in [-0.2, 0) is 6.54 Å². The predicted molar refractivity (Wildman–Crippen MR) is 68.7 cm³/mol. The smallest absolute Gasteiger partial charge is 0.165 e. The van der Waals surface area contributed by atoms with Crippen molar-refractivity contribution in [3.8, 4) is 5.75 Å². The maximum atomic E-state index is 13.4. The molecule has 17 heavy (non-hydrogen) atoms. The fourth-order valence-electron chi connectivity index (χ4n) is 1.65. The molecule has 0 saturated heterocycles. The largest absolute Gasteiger partial charge is 0.494 e. The Kier molecular flexibility index (Phi) is 5.42. The van der Waals surface area contributed by atoms with Gasteiger partial charge in [0.15, 0.2) is 11.6 Å². The van der Waals surface area contributed by atoms with Crippen LogP contribution in [-0.4, -0.2) is 13.2 Å². The molecular formula is C14H22FNO. The maximum Gasteiger partial charge on any atom is 0.165 e. The molecule has 0 spiro atoms. The van der Waals surface area contributed by atoms with Gasteiger partial charge in [-0.25, -0.2) is 4.39 Å². The van der Waals surface area contributed by atoms with E-state index in [4.69, 9.17) is 4.74 Å². The fraction of sp³-hybridized carbons (Fsp3) is 0.571. The van der Waals surface area contributed by atoms with E-state index >= 15 is 0 Å². The molecule has 0 amide bonds. The molecule has 3 heteroatoms. The second-order valence-corrected chi connectivity index (χ2v) is 4.52. The van der Waals surface area contributed by atoms with Crippen molar-refractivity contribution in [1.29, 1.82) is 0 Å². The second kappa shape index (κ2) is 6.60. The molecule has 0 saturated carbocycles. The molecule has 96 valence electrons. The molecule has 0 aromatic heterocycles. The zero-order valence-electron chi connectivity index (χ0n) is 11.1. The second-order valence-electron chi connectivity index (χ2n) is 4.52. The predicted octanol–water partition coefficient (Wildman–Crippen LogP) is 3.36. The van der Waals surface area contributed by atoms with Crippen LogP contribution in [0, 0.1) is 11.7 Å². The number of benzene rings is 1. The zero-order valence-corrected chi connectivity index (χ0v) is 11.1. The topological polar surface area (TPSA) is 21.3 Å². The first-order chi connectivity index (χ1) is 8.08. The van der Waals surface area contributed by atoms with Crippen molar-refractivity contribution in [2.75, 3.05) is 7.11 Å². The van der Waals surface area contributed by atoms with E-state index in [1.807, 2.05) is 6.07 Å². The number of rotatable bonds is 6. The minimum Gasteiger partial charge on any atom is -0.494 e. The van der Waals surface area contributed by atoms with Crippen LogP contribution in [0.1, 0.15) is 32.8 Å². The fourth-order valence-corrected chi connectivity index (χ4v) is 1.65. The third kappa shape index (κ3) is 4.00. The van der Waals surface area contributed by atoms with Gasteiger partial charge in [0.1, 0.15) is 0 Å². The van der Waals surface area contributed by atoms with E-state index in [1.165, 1.54) is 13.2 Å². The third-order valence-corrected chi connectivity index (χ3v) is 3.34. The minimum atomic E-state index is -0.303. The van der Waals surface area contributed by atoms with Crippen molar-refractivity contribution >= 4 is 0 Å². The van der Waals surface area contributed by atoms with Crippen LogP contribution in [0.5, 0.6) is 5.75 Å². The highest BCUT2D eigenvalue weighted by Crippen LogP contribution is 2.18. The molecule has 0 aliphatic heterocycles. The van der Waals surface area contributed by atoms with Gasteiger partial charge in [0.25, 0.3) is 0 Å². The van der Waals surface area contributed by atoms with Crippen molar-refractivity contribution in [3.63, 3.8) is 0 Å². The summed E-state index contributed by atoms with van der Waals surface area (Å²) >= 11 is 0. The Morgan fingerprint density at radius 1 is 1.35 bits per heavy atom. The van der Waals surface area contributed by atoms with Crippen LogP contribution in [0.3, 0.4) is 0 Å². The number of methoxy groups -OCH3 is 1. The minimum absolute atomic E-state index is 0.295. The molecule has 0 radical (unpaired) electrons. The van der Waals surface area contributed by atoms with Crippen LogP contribution in [0.25, 0.3) is 0 Å². The lowest BCUT2D eigenvalue weighted by molar-refractivity contribution is 0.381. The maximum absolute atomic E-state index is 13.4. The van der Waals surface area contributed by atoms with Crippen LogP contribution in [0.15, 0.2) is 18.2 Å². The molecular weight excluding hydrogens is 217 g/mol. The summed E-state index contributed by atoms with van der Waals surface area (Å²) in [6.45, 7) is 7.24. The lowest BCUT2D eigenvalue weighted by Crippen LogP contribution is -2.31. The standard InChI is InChI=1S/C14H22FNO/c1-5-10(2)11(3)16-9-12-6-7-14(17-4)13(15)8-12/h6-8,10-11,16H,5,9H2,1-4H3. The van der Waals surface area contributed by atoms with Gasteiger partial charge in [-0.3, -0.25) is 0 Å². The van der Waals surface area contributed by atoms with Gasteiger partial charge in [0.05, 0.1) is 7.11 Å². The van der Waals surface area contributed by atoms with Crippen molar-refractivity contribution < 1.29 is 9.13 Å². The van der Waals surface area contributed by atoms with Crippen molar-refractivity contribution in [2.45, 2.75) is 39.8 Å². The van der Waals surface area contributed by atoms with E-state index in [2.05, 4.69) is 26.1 Å². The van der Waals surface area contributed by atoms with Crippen LogP contribution < -0.4 is 10.1 Å². The molecule has 0 heterocycles. The van der Waals surface area contributed by atoms with Gasteiger partial charge in [-0.1, -0.05) is 26.3 Å². The van der Waals surface area contributed by atoms with Crippen LogP contribution >= 0.6 is 0 Å². The summed E-state index contributed by atoms with van der Waals surface area (Å²) in [7, 11) is 1.47. The summed E-state index contributed by atoms with van der Waals surface area (Å²) in [6.07, 6.45) is 1.14. The molecule has 1 aromatic rings. The Hall–Kier alpha value is -1.09. The number of ether oxygens (including phenoxy) is 1. The van der Waals surface area contributed by atoms with Gasteiger partial charge in [0, 0.05) is 12.6 Å². The van der Waals surface area contributed by atoms with E-state index in [0.717, 1.165) is 12.0 Å². The van der Waals surface area contributed by atoms with Gasteiger partial charge in [-0.2, -0.15) is 0 Å². The Morgan fingerprint density at radius 3 is 2.59 bits per heavy atom. The summed E-state index contributed by atoms with van der Waals surface area (Å²) in [5.74, 6) is 0.616. The Morgan fingerprint density at radius 2 is 2.06 bits per heavy atom. The quantitative estimate of drug-likeness (QED) is 0.822. The molecule has 1 aromatic carbocycles. The number of hydrogen-bond acceptors (Lipinski definition) is 2. The highest BCUT2D eigenvalue weighted by Gasteiger charge is 2.10. The summed E-state index contributed by atoms with van der Waals surface area (Å²) in [6, 6.07) is 5.51. The molecule has 0 fully saturated rings. The number of halogens is 1. The number of hydrogen-bond donors (Lipinski definition) is 1. The van der Waals surface area contributed by atoms with E-state index in [1.54, 1.807) is 6.07 Å². The van der Waals surface area contributed by atoms with Crippen LogP contribution in [0.4, 0.5) is 4.39 Å². The molecule has 1 rings (SSSR count). The van der Waals surface area contributed by atoms with Gasteiger partial charge >= 0.3 is 0 Å². The summed E-state index contributed by atoms with van der Waals surface area (Å²) in [5, 5.41) is 3.41. The zero-order chi connectivity index (χ0) is 12.8. The van der Waals surface area contributed by atoms with E-state index in [-0.39, 0.29) is 5.82 Å². The molecule has 0 bridgehead atoms. The summed E-state index contributed by atoms with van der Waals surface area (Å²) < 4.78 is 18.3. The van der Waals surface area contributed by atoms with Gasteiger partial charge in [0.2, 0.25) is 0 Å². The monoisotopic (exact) mass is 239 g/mol. The van der Waals surface area contributed by atoms with Crippen molar-refractivity contribution in [1.82, 2.24) is 5.32 Å². The molecule has 2 nitrogen and oxygen atoms in total. The molecule has 2 unspecified atom stereocenters. The van der Waals surface area contributed by atoms with Crippen LogP contribution in [0.2, 0.25) is 0 Å². The first kappa shape index (κ1) is 14.0. The van der Waals surface area contributed by atoms with Gasteiger partial charge in [-0.05, 0) is 30.5 Å². The SMILES string of the molecule is CCC(C)C(C)NCc1ccc(OC)c(F)c1. The molecule has 0 aliphatic carbocycles. The highest BCUT2D eigenvalue weighted by atomic mass is 19.1.